The first-order valence-electron chi connectivity index (χ1n) is 6.79. The van der Waals surface area contributed by atoms with E-state index < -0.39 is 0 Å². The first-order chi connectivity index (χ1) is 9.38. The zero-order chi connectivity index (χ0) is 13.1. The molecule has 2 aromatic rings. The van der Waals surface area contributed by atoms with E-state index in [0.717, 1.165) is 43.3 Å². The van der Waals surface area contributed by atoms with Crippen LogP contribution < -0.4 is 10.2 Å². The second-order valence-corrected chi connectivity index (χ2v) is 5.86. The lowest BCUT2D eigenvalue weighted by Crippen LogP contribution is -2.33. The van der Waals surface area contributed by atoms with Crippen LogP contribution in [-0.2, 0) is 0 Å². The molecule has 1 aliphatic heterocycles. The van der Waals surface area contributed by atoms with Crippen molar-refractivity contribution in [3.05, 3.63) is 18.6 Å². The zero-order valence-electron chi connectivity index (χ0n) is 11.2. The van der Waals surface area contributed by atoms with Gasteiger partial charge in [-0.05, 0) is 6.42 Å². The van der Waals surface area contributed by atoms with Crippen LogP contribution in [0.1, 0.15) is 13.3 Å². The van der Waals surface area contributed by atoms with Crippen molar-refractivity contribution >= 4 is 29.0 Å². The number of rotatable bonds is 4. The molecule has 3 rings (SSSR count). The van der Waals surface area contributed by atoms with Gasteiger partial charge < -0.3 is 14.6 Å². The van der Waals surface area contributed by atoms with E-state index in [1.54, 1.807) is 0 Å². The van der Waals surface area contributed by atoms with Crippen LogP contribution >= 0.6 is 11.8 Å². The monoisotopic (exact) mass is 277 g/mol. The maximum absolute atomic E-state index is 4.76. The van der Waals surface area contributed by atoms with Crippen molar-refractivity contribution in [1.29, 1.82) is 0 Å². The molecule has 102 valence electrons. The molecule has 5 nitrogen and oxygen atoms in total. The fraction of sp³-hybridized carbons (Fsp3) is 0.538. The molecule has 0 aromatic carbocycles. The number of hydrogen-bond acceptors (Lipinski definition) is 5. The maximum atomic E-state index is 4.76. The van der Waals surface area contributed by atoms with Gasteiger partial charge in [-0.2, -0.15) is 11.8 Å². The van der Waals surface area contributed by atoms with Crippen molar-refractivity contribution in [3.63, 3.8) is 0 Å². The summed E-state index contributed by atoms with van der Waals surface area (Å²) >= 11 is 2.01. The predicted molar refractivity (Wildman–Crippen MR) is 81.3 cm³/mol. The van der Waals surface area contributed by atoms with E-state index in [2.05, 4.69) is 26.5 Å². The quantitative estimate of drug-likeness (QED) is 0.927. The van der Waals surface area contributed by atoms with Crippen molar-refractivity contribution in [2.75, 3.05) is 41.4 Å². The molecule has 1 fully saturated rings. The van der Waals surface area contributed by atoms with E-state index in [-0.39, 0.29) is 0 Å². The maximum Gasteiger partial charge on any atom is 0.180 e. The molecular weight excluding hydrogens is 258 g/mol. The molecule has 0 radical (unpaired) electrons. The number of anilines is 2. The molecule has 2 aromatic heterocycles. The minimum atomic E-state index is 0.931. The summed E-state index contributed by atoms with van der Waals surface area (Å²) in [6, 6.07) is 0. The normalized spacial score (nSPS) is 15.9. The van der Waals surface area contributed by atoms with E-state index in [1.807, 2.05) is 30.4 Å². The largest absolute Gasteiger partial charge is 0.369 e. The number of imidazole rings is 1. The summed E-state index contributed by atoms with van der Waals surface area (Å²) in [6.45, 7) is 5.21. The fourth-order valence-electron chi connectivity index (χ4n) is 2.24. The van der Waals surface area contributed by atoms with Crippen molar-refractivity contribution in [2.24, 2.45) is 0 Å². The molecule has 0 atom stereocenters. The summed E-state index contributed by atoms with van der Waals surface area (Å²) < 4.78 is 2.06. The van der Waals surface area contributed by atoms with Gasteiger partial charge in [0.2, 0.25) is 0 Å². The Labute approximate surface area is 117 Å². The molecule has 0 bridgehead atoms. The molecule has 3 heterocycles. The Morgan fingerprint density at radius 3 is 3.00 bits per heavy atom. The predicted octanol–water partition coefficient (Wildman–Crippen LogP) is 2.10. The van der Waals surface area contributed by atoms with E-state index >= 15 is 0 Å². The van der Waals surface area contributed by atoms with Gasteiger partial charge in [-0.1, -0.05) is 6.92 Å². The first kappa shape index (κ1) is 12.6. The average Bonchev–Trinajstić information content (AvgIpc) is 2.93. The molecule has 1 aliphatic rings. The summed E-state index contributed by atoms with van der Waals surface area (Å²) in [7, 11) is 0. The average molecular weight is 277 g/mol. The van der Waals surface area contributed by atoms with Crippen LogP contribution in [0.2, 0.25) is 0 Å². The third-order valence-corrected chi connectivity index (χ3v) is 4.17. The van der Waals surface area contributed by atoms with Gasteiger partial charge >= 0.3 is 0 Å². The van der Waals surface area contributed by atoms with Gasteiger partial charge in [-0.15, -0.1) is 0 Å². The summed E-state index contributed by atoms with van der Waals surface area (Å²) in [5, 5.41) is 3.36. The van der Waals surface area contributed by atoms with Crippen LogP contribution in [-0.4, -0.2) is 45.5 Å². The number of nitrogens with one attached hydrogen (secondary N) is 1. The Bertz CT molecular complexity index is 547. The number of hydrogen-bond donors (Lipinski definition) is 1. The minimum absolute atomic E-state index is 0.931. The first-order valence-corrected chi connectivity index (χ1v) is 7.94. The minimum Gasteiger partial charge on any atom is -0.369 e. The molecule has 19 heavy (non-hydrogen) atoms. The van der Waals surface area contributed by atoms with Gasteiger partial charge in [-0.25, -0.2) is 9.97 Å². The van der Waals surface area contributed by atoms with Crippen molar-refractivity contribution in [2.45, 2.75) is 13.3 Å². The van der Waals surface area contributed by atoms with Gasteiger partial charge in [0, 0.05) is 43.5 Å². The second-order valence-electron chi connectivity index (χ2n) is 4.63. The molecule has 1 saturated heterocycles. The summed E-state index contributed by atoms with van der Waals surface area (Å²) in [4.78, 5) is 11.5. The van der Waals surface area contributed by atoms with Crippen LogP contribution in [0.25, 0.3) is 5.65 Å². The lowest BCUT2D eigenvalue weighted by atomic mass is 10.4. The molecule has 0 saturated carbocycles. The number of nitrogens with zero attached hydrogens (tertiary/aromatic N) is 4. The highest BCUT2D eigenvalue weighted by Crippen LogP contribution is 2.23. The van der Waals surface area contributed by atoms with Crippen LogP contribution in [0.15, 0.2) is 18.6 Å². The van der Waals surface area contributed by atoms with Crippen LogP contribution in [0, 0.1) is 0 Å². The number of aromatic nitrogens is 3. The van der Waals surface area contributed by atoms with Crippen LogP contribution in [0.4, 0.5) is 11.6 Å². The number of fused-ring (bicyclic) bond motifs is 1. The lowest BCUT2D eigenvalue weighted by molar-refractivity contribution is 0.835. The van der Waals surface area contributed by atoms with Gasteiger partial charge in [-0.3, -0.25) is 0 Å². The van der Waals surface area contributed by atoms with Gasteiger partial charge in [0.05, 0.1) is 6.20 Å². The van der Waals surface area contributed by atoms with Gasteiger partial charge in [0.15, 0.2) is 11.5 Å². The molecule has 6 heteroatoms. The fourth-order valence-corrected chi connectivity index (χ4v) is 3.14. The standard InChI is InChI=1S/C13H19N5S/c1-2-3-14-11-10-18-5-4-15-12(18)13(16-11)17-6-8-19-9-7-17/h4-5,10,14H,2-3,6-9H2,1H3. The van der Waals surface area contributed by atoms with Gasteiger partial charge in [0.1, 0.15) is 5.82 Å². The molecule has 0 aliphatic carbocycles. The van der Waals surface area contributed by atoms with E-state index in [0.29, 0.717) is 0 Å². The molecule has 0 amide bonds. The Morgan fingerprint density at radius 1 is 1.37 bits per heavy atom. The Morgan fingerprint density at radius 2 is 2.21 bits per heavy atom. The topological polar surface area (TPSA) is 45.5 Å². The number of thioether (sulfide) groups is 1. The Balaban J connectivity index is 1.97. The highest BCUT2D eigenvalue weighted by Gasteiger charge is 2.17. The van der Waals surface area contributed by atoms with Crippen LogP contribution in [0.5, 0.6) is 0 Å². The molecular formula is C13H19N5S. The lowest BCUT2D eigenvalue weighted by Gasteiger charge is -2.27. The van der Waals surface area contributed by atoms with Crippen LogP contribution in [0.3, 0.4) is 0 Å². The smallest absolute Gasteiger partial charge is 0.180 e. The Kier molecular flexibility index (Phi) is 3.77. The third kappa shape index (κ3) is 2.63. The third-order valence-electron chi connectivity index (χ3n) is 3.22. The van der Waals surface area contributed by atoms with Gasteiger partial charge in [0.25, 0.3) is 0 Å². The summed E-state index contributed by atoms with van der Waals surface area (Å²) in [5.41, 5.74) is 0.953. The Hall–Kier alpha value is -1.43. The second kappa shape index (κ2) is 5.69. The zero-order valence-corrected chi connectivity index (χ0v) is 12.0. The molecule has 0 unspecified atom stereocenters. The summed E-state index contributed by atoms with van der Waals surface area (Å²) in [5.74, 6) is 4.27. The van der Waals surface area contributed by atoms with E-state index in [9.17, 15) is 0 Å². The van der Waals surface area contributed by atoms with Crippen molar-refractivity contribution < 1.29 is 0 Å². The van der Waals surface area contributed by atoms with E-state index in [1.165, 1.54) is 11.5 Å². The molecule has 0 spiro atoms. The SMILES string of the molecule is CCCNc1cn2ccnc2c(N2CCSCC2)n1. The van der Waals surface area contributed by atoms with Crippen molar-refractivity contribution in [1.82, 2.24) is 14.4 Å². The summed E-state index contributed by atoms with van der Waals surface area (Å²) in [6.07, 6.45) is 6.93. The highest BCUT2D eigenvalue weighted by molar-refractivity contribution is 7.99. The highest BCUT2D eigenvalue weighted by atomic mass is 32.2. The molecule has 1 N–H and O–H groups in total. The van der Waals surface area contributed by atoms with Crippen molar-refractivity contribution in [3.8, 4) is 0 Å². The van der Waals surface area contributed by atoms with E-state index in [4.69, 9.17) is 4.98 Å².